The molecule has 1 atom stereocenters. The zero-order valence-corrected chi connectivity index (χ0v) is 10.9. The maximum absolute atomic E-state index is 5.91. The smallest absolute Gasteiger partial charge is 0.134 e. The fraction of sp³-hybridized carbons (Fsp3) is 0.467. The van der Waals surface area contributed by atoms with Crippen LogP contribution in [-0.4, -0.2) is 6.54 Å². The molecule has 0 saturated carbocycles. The third kappa shape index (κ3) is 2.70. The predicted octanol–water partition coefficient (Wildman–Crippen LogP) is 4.19. The van der Waals surface area contributed by atoms with Gasteiger partial charge < -0.3 is 9.73 Å². The molecule has 1 unspecified atom stereocenters. The van der Waals surface area contributed by atoms with E-state index in [2.05, 4.69) is 50.4 Å². The second-order valence-electron chi connectivity index (χ2n) is 4.61. The van der Waals surface area contributed by atoms with E-state index in [0.29, 0.717) is 6.04 Å². The number of hydrogen-bond donors (Lipinski definition) is 1. The van der Waals surface area contributed by atoms with Crippen LogP contribution in [0.4, 0.5) is 0 Å². The molecule has 2 nitrogen and oxygen atoms in total. The van der Waals surface area contributed by atoms with Gasteiger partial charge in [-0.05, 0) is 44.5 Å². The summed E-state index contributed by atoms with van der Waals surface area (Å²) in [5.74, 6) is 1.06. The summed E-state index contributed by atoms with van der Waals surface area (Å²) in [6.07, 6.45) is 2.20. The van der Waals surface area contributed by atoms with Crippen molar-refractivity contribution in [2.24, 2.45) is 0 Å². The van der Waals surface area contributed by atoms with E-state index in [4.69, 9.17) is 4.42 Å². The Morgan fingerprint density at radius 1 is 1.24 bits per heavy atom. The van der Waals surface area contributed by atoms with E-state index in [-0.39, 0.29) is 0 Å². The molecule has 92 valence electrons. The molecule has 0 bridgehead atoms. The lowest BCUT2D eigenvalue weighted by atomic mass is 10.1. The minimum atomic E-state index is 0.336. The Bertz CT molecular complexity index is 487. The van der Waals surface area contributed by atoms with Crippen LogP contribution in [0.5, 0.6) is 0 Å². The summed E-state index contributed by atoms with van der Waals surface area (Å²) in [4.78, 5) is 0. The van der Waals surface area contributed by atoms with E-state index in [1.807, 2.05) is 0 Å². The quantitative estimate of drug-likeness (QED) is 0.834. The number of fused-ring (bicyclic) bond motifs is 1. The van der Waals surface area contributed by atoms with Crippen LogP contribution in [0, 0.1) is 6.92 Å². The average molecular weight is 231 g/mol. The number of rotatable bonds is 5. The maximum atomic E-state index is 5.91. The Morgan fingerprint density at radius 3 is 2.76 bits per heavy atom. The van der Waals surface area contributed by atoms with Crippen molar-refractivity contribution in [1.82, 2.24) is 5.32 Å². The second kappa shape index (κ2) is 5.37. The van der Waals surface area contributed by atoms with Crippen LogP contribution >= 0.6 is 0 Å². The van der Waals surface area contributed by atoms with E-state index in [0.717, 1.165) is 30.7 Å². The molecule has 0 aliphatic heterocycles. The van der Waals surface area contributed by atoms with Gasteiger partial charge in [0.1, 0.15) is 11.3 Å². The SMILES string of the molecule is CCCNC(CC)c1cc2cc(C)ccc2o1. The number of aryl methyl sites for hydroxylation is 1. The van der Waals surface area contributed by atoms with Crippen molar-refractivity contribution in [2.45, 2.75) is 39.7 Å². The van der Waals surface area contributed by atoms with Crippen molar-refractivity contribution in [3.05, 3.63) is 35.6 Å². The van der Waals surface area contributed by atoms with E-state index < -0.39 is 0 Å². The van der Waals surface area contributed by atoms with E-state index in [1.54, 1.807) is 0 Å². The lowest BCUT2D eigenvalue weighted by Crippen LogP contribution is -2.20. The summed E-state index contributed by atoms with van der Waals surface area (Å²) in [6.45, 7) is 7.51. The van der Waals surface area contributed by atoms with Crippen LogP contribution in [-0.2, 0) is 0 Å². The normalized spacial score (nSPS) is 13.1. The van der Waals surface area contributed by atoms with Crippen LogP contribution in [0.15, 0.2) is 28.7 Å². The van der Waals surface area contributed by atoms with E-state index in [9.17, 15) is 0 Å². The number of furan rings is 1. The summed E-state index contributed by atoms with van der Waals surface area (Å²) in [7, 11) is 0. The van der Waals surface area contributed by atoms with Gasteiger partial charge in [-0.3, -0.25) is 0 Å². The van der Waals surface area contributed by atoms with Gasteiger partial charge in [-0.25, -0.2) is 0 Å². The molecular weight excluding hydrogens is 210 g/mol. The van der Waals surface area contributed by atoms with Gasteiger partial charge in [-0.2, -0.15) is 0 Å². The third-order valence-corrected chi connectivity index (χ3v) is 3.08. The zero-order chi connectivity index (χ0) is 12.3. The Balaban J connectivity index is 2.27. The summed E-state index contributed by atoms with van der Waals surface area (Å²) in [5, 5.41) is 4.72. The molecule has 1 heterocycles. The van der Waals surface area contributed by atoms with Crippen LogP contribution in [0.25, 0.3) is 11.0 Å². The minimum absolute atomic E-state index is 0.336. The third-order valence-electron chi connectivity index (χ3n) is 3.08. The first-order valence-corrected chi connectivity index (χ1v) is 6.48. The van der Waals surface area contributed by atoms with Gasteiger partial charge in [0.15, 0.2) is 0 Å². The Labute approximate surface area is 103 Å². The molecule has 2 heteroatoms. The fourth-order valence-corrected chi connectivity index (χ4v) is 2.12. The molecule has 0 fully saturated rings. The summed E-state index contributed by atoms with van der Waals surface area (Å²) < 4.78 is 5.91. The van der Waals surface area contributed by atoms with Gasteiger partial charge in [-0.1, -0.05) is 25.5 Å². The van der Waals surface area contributed by atoms with Crippen molar-refractivity contribution in [3.63, 3.8) is 0 Å². The molecule has 1 aromatic heterocycles. The standard InChI is InChI=1S/C15H21NO/c1-4-8-16-13(5-2)15-10-12-9-11(3)6-7-14(12)17-15/h6-7,9-10,13,16H,4-5,8H2,1-3H3. The summed E-state index contributed by atoms with van der Waals surface area (Å²) in [5.41, 5.74) is 2.27. The van der Waals surface area contributed by atoms with Gasteiger partial charge >= 0.3 is 0 Å². The molecule has 17 heavy (non-hydrogen) atoms. The molecule has 0 aliphatic carbocycles. The van der Waals surface area contributed by atoms with Crippen molar-refractivity contribution in [2.75, 3.05) is 6.54 Å². The van der Waals surface area contributed by atoms with Gasteiger partial charge in [0.2, 0.25) is 0 Å². The summed E-state index contributed by atoms with van der Waals surface area (Å²) in [6, 6.07) is 8.83. The van der Waals surface area contributed by atoms with Crippen molar-refractivity contribution >= 4 is 11.0 Å². The Kier molecular flexibility index (Phi) is 3.85. The molecule has 0 spiro atoms. The van der Waals surface area contributed by atoms with Gasteiger partial charge in [-0.15, -0.1) is 0 Å². The number of hydrogen-bond acceptors (Lipinski definition) is 2. The maximum Gasteiger partial charge on any atom is 0.134 e. The first kappa shape index (κ1) is 12.2. The average Bonchev–Trinajstić information content (AvgIpc) is 2.72. The molecule has 2 rings (SSSR count). The Morgan fingerprint density at radius 2 is 2.06 bits per heavy atom. The molecule has 1 aromatic carbocycles. The van der Waals surface area contributed by atoms with Crippen LogP contribution < -0.4 is 5.32 Å². The highest BCUT2D eigenvalue weighted by Gasteiger charge is 2.13. The monoisotopic (exact) mass is 231 g/mol. The zero-order valence-electron chi connectivity index (χ0n) is 10.9. The topological polar surface area (TPSA) is 25.2 Å². The van der Waals surface area contributed by atoms with E-state index in [1.165, 1.54) is 10.9 Å². The lowest BCUT2D eigenvalue weighted by molar-refractivity contribution is 0.421. The van der Waals surface area contributed by atoms with Gasteiger partial charge in [0.25, 0.3) is 0 Å². The Hall–Kier alpha value is -1.28. The molecule has 0 radical (unpaired) electrons. The first-order valence-electron chi connectivity index (χ1n) is 6.48. The van der Waals surface area contributed by atoms with Crippen LogP contribution in [0.1, 0.15) is 44.1 Å². The first-order chi connectivity index (χ1) is 8.24. The highest BCUT2D eigenvalue weighted by molar-refractivity contribution is 5.78. The second-order valence-corrected chi connectivity index (χ2v) is 4.61. The predicted molar refractivity (Wildman–Crippen MR) is 72.3 cm³/mol. The molecule has 0 aliphatic rings. The van der Waals surface area contributed by atoms with Gasteiger partial charge in [0, 0.05) is 5.39 Å². The van der Waals surface area contributed by atoms with Gasteiger partial charge in [0.05, 0.1) is 6.04 Å². The summed E-state index contributed by atoms with van der Waals surface area (Å²) >= 11 is 0. The molecule has 0 saturated heterocycles. The van der Waals surface area contributed by atoms with Crippen molar-refractivity contribution < 1.29 is 4.42 Å². The largest absolute Gasteiger partial charge is 0.459 e. The molecule has 1 N–H and O–H groups in total. The number of nitrogens with one attached hydrogen (secondary N) is 1. The van der Waals surface area contributed by atoms with E-state index >= 15 is 0 Å². The van der Waals surface area contributed by atoms with Crippen molar-refractivity contribution in [3.8, 4) is 0 Å². The molecule has 0 amide bonds. The fourth-order valence-electron chi connectivity index (χ4n) is 2.12. The highest BCUT2D eigenvalue weighted by atomic mass is 16.3. The lowest BCUT2D eigenvalue weighted by Gasteiger charge is -2.13. The molecular formula is C15H21NO. The van der Waals surface area contributed by atoms with Crippen LogP contribution in [0.2, 0.25) is 0 Å². The van der Waals surface area contributed by atoms with Crippen molar-refractivity contribution in [1.29, 1.82) is 0 Å². The minimum Gasteiger partial charge on any atom is -0.459 e. The van der Waals surface area contributed by atoms with Crippen LogP contribution in [0.3, 0.4) is 0 Å². The highest BCUT2D eigenvalue weighted by Crippen LogP contribution is 2.26. The molecule has 2 aromatic rings. The number of benzene rings is 1.